The number of nitrogens with one attached hydrogen (secondary N) is 1. The van der Waals surface area contributed by atoms with Gasteiger partial charge in [0.25, 0.3) is 0 Å². The van der Waals surface area contributed by atoms with Gasteiger partial charge >= 0.3 is 0 Å². The van der Waals surface area contributed by atoms with E-state index < -0.39 is 0 Å². The molecular formula is C10H24N2. The van der Waals surface area contributed by atoms with Crippen LogP contribution in [-0.2, 0) is 0 Å². The van der Waals surface area contributed by atoms with Gasteiger partial charge in [-0.25, -0.2) is 0 Å². The molecule has 0 saturated carbocycles. The molecule has 0 aliphatic carbocycles. The second-order valence-corrected chi connectivity index (χ2v) is 4.14. The maximum atomic E-state index is 3.51. The maximum absolute atomic E-state index is 3.51. The number of hydrogen-bond acceptors (Lipinski definition) is 2. The average molecular weight is 172 g/mol. The highest BCUT2D eigenvalue weighted by Gasteiger charge is 2.04. The summed E-state index contributed by atoms with van der Waals surface area (Å²) in [4.78, 5) is 2.22. The van der Waals surface area contributed by atoms with Crippen molar-refractivity contribution in [2.24, 2.45) is 5.92 Å². The first-order valence-electron chi connectivity index (χ1n) is 4.92. The zero-order chi connectivity index (χ0) is 9.56. The van der Waals surface area contributed by atoms with Crippen LogP contribution >= 0.6 is 0 Å². The molecule has 0 saturated heterocycles. The zero-order valence-corrected chi connectivity index (χ0v) is 9.22. The van der Waals surface area contributed by atoms with Crippen LogP contribution in [0.25, 0.3) is 0 Å². The number of nitrogens with zero attached hydrogens (tertiary/aromatic N) is 1. The Hall–Kier alpha value is -0.0800. The van der Waals surface area contributed by atoms with Crippen molar-refractivity contribution in [2.45, 2.75) is 33.2 Å². The maximum Gasteiger partial charge on any atom is 0.00617 e. The molecule has 0 fully saturated rings. The second-order valence-electron chi connectivity index (χ2n) is 4.14. The largest absolute Gasteiger partial charge is 0.314 e. The van der Waals surface area contributed by atoms with Crippen LogP contribution in [-0.4, -0.2) is 38.1 Å². The van der Waals surface area contributed by atoms with Crippen LogP contribution < -0.4 is 5.32 Å². The fourth-order valence-electron chi connectivity index (χ4n) is 0.961. The second kappa shape index (κ2) is 6.44. The van der Waals surface area contributed by atoms with Crippen molar-refractivity contribution >= 4 is 0 Å². The molecule has 0 spiro atoms. The van der Waals surface area contributed by atoms with Gasteiger partial charge in [0.05, 0.1) is 0 Å². The molecule has 0 rings (SSSR count). The predicted octanol–water partition coefficient (Wildman–Crippen LogP) is 1.57. The van der Waals surface area contributed by atoms with Crippen LogP contribution in [0.1, 0.15) is 27.2 Å². The van der Waals surface area contributed by atoms with E-state index in [0.717, 1.165) is 12.5 Å². The molecule has 2 nitrogen and oxygen atoms in total. The molecule has 0 aliphatic heterocycles. The summed E-state index contributed by atoms with van der Waals surface area (Å²) < 4.78 is 0. The van der Waals surface area contributed by atoms with E-state index in [4.69, 9.17) is 0 Å². The van der Waals surface area contributed by atoms with Gasteiger partial charge in [-0.05, 0) is 46.4 Å². The van der Waals surface area contributed by atoms with Crippen LogP contribution in [0, 0.1) is 5.92 Å². The van der Waals surface area contributed by atoms with E-state index in [-0.39, 0.29) is 0 Å². The first-order chi connectivity index (χ1) is 5.54. The van der Waals surface area contributed by atoms with Gasteiger partial charge in [0.1, 0.15) is 0 Å². The molecule has 0 unspecified atom stereocenters. The lowest BCUT2D eigenvalue weighted by Gasteiger charge is -2.18. The van der Waals surface area contributed by atoms with Gasteiger partial charge in [0, 0.05) is 6.04 Å². The summed E-state index contributed by atoms with van der Waals surface area (Å²) in [5.74, 6) is 0.740. The molecule has 1 N–H and O–H groups in total. The van der Waals surface area contributed by atoms with Crippen molar-refractivity contribution in [1.29, 1.82) is 0 Å². The van der Waals surface area contributed by atoms with E-state index in [1.54, 1.807) is 0 Å². The third kappa shape index (κ3) is 6.62. The minimum Gasteiger partial charge on any atom is -0.314 e. The van der Waals surface area contributed by atoms with Crippen molar-refractivity contribution in [2.75, 3.05) is 27.2 Å². The molecule has 0 aromatic heterocycles. The van der Waals surface area contributed by atoms with Gasteiger partial charge < -0.3 is 10.2 Å². The zero-order valence-electron chi connectivity index (χ0n) is 9.22. The van der Waals surface area contributed by atoms with Crippen LogP contribution in [0.5, 0.6) is 0 Å². The quantitative estimate of drug-likeness (QED) is 0.612. The summed E-state index contributed by atoms with van der Waals surface area (Å²) in [6, 6.07) is 0.646. The van der Waals surface area contributed by atoms with Crippen LogP contribution in [0.15, 0.2) is 0 Å². The van der Waals surface area contributed by atoms with Crippen molar-refractivity contribution < 1.29 is 0 Å². The molecule has 0 radical (unpaired) electrons. The molecule has 0 bridgehead atoms. The van der Waals surface area contributed by atoms with Gasteiger partial charge in [-0.2, -0.15) is 0 Å². The Morgan fingerprint density at radius 3 is 2.17 bits per heavy atom. The summed E-state index contributed by atoms with van der Waals surface area (Å²) in [5.41, 5.74) is 0. The monoisotopic (exact) mass is 172 g/mol. The van der Waals surface area contributed by atoms with E-state index in [1.165, 1.54) is 13.0 Å². The summed E-state index contributed by atoms with van der Waals surface area (Å²) >= 11 is 0. The van der Waals surface area contributed by atoms with Gasteiger partial charge in [0.2, 0.25) is 0 Å². The molecule has 0 heterocycles. The normalized spacial score (nSPS) is 14.2. The molecule has 1 atom stereocenters. The average Bonchev–Trinajstić information content (AvgIpc) is 1.97. The molecule has 0 aromatic rings. The van der Waals surface area contributed by atoms with Crippen molar-refractivity contribution in [3.8, 4) is 0 Å². The minimum atomic E-state index is 0.646. The van der Waals surface area contributed by atoms with Crippen LogP contribution in [0.4, 0.5) is 0 Å². The van der Waals surface area contributed by atoms with E-state index >= 15 is 0 Å². The van der Waals surface area contributed by atoms with E-state index in [1.807, 2.05) is 0 Å². The molecule has 0 aromatic carbocycles. The smallest absolute Gasteiger partial charge is 0.00617 e. The molecular weight excluding hydrogens is 148 g/mol. The SMILES string of the molecule is CC(C)[C@H](C)NCCCN(C)C. The van der Waals surface area contributed by atoms with E-state index in [0.29, 0.717) is 6.04 Å². The van der Waals surface area contributed by atoms with Gasteiger partial charge in [-0.1, -0.05) is 13.8 Å². The molecule has 0 amide bonds. The fraction of sp³-hybridized carbons (Fsp3) is 1.00. The van der Waals surface area contributed by atoms with Crippen LogP contribution in [0.2, 0.25) is 0 Å². The first kappa shape index (κ1) is 11.9. The van der Waals surface area contributed by atoms with Crippen LogP contribution in [0.3, 0.4) is 0 Å². The topological polar surface area (TPSA) is 15.3 Å². The highest BCUT2D eigenvalue weighted by Crippen LogP contribution is 1.99. The Bertz CT molecular complexity index is 100. The first-order valence-corrected chi connectivity index (χ1v) is 4.92. The van der Waals surface area contributed by atoms with E-state index in [9.17, 15) is 0 Å². The van der Waals surface area contributed by atoms with Crippen molar-refractivity contribution in [1.82, 2.24) is 10.2 Å². The number of rotatable bonds is 6. The number of hydrogen-bond donors (Lipinski definition) is 1. The van der Waals surface area contributed by atoms with Gasteiger partial charge in [-0.3, -0.25) is 0 Å². The lowest BCUT2D eigenvalue weighted by molar-refractivity contribution is 0.371. The summed E-state index contributed by atoms with van der Waals surface area (Å²) in [5, 5.41) is 3.51. The highest BCUT2D eigenvalue weighted by atomic mass is 15.1. The van der Waals surface area contributed by atoms with Gasteiger partial charge in [0.15, 0.2) is 0 Å². The highest BCUT2D eigenvalue weighted by molar-refractivity contribution is 4.64. The molecule has 12 heavy (non-hydrogen) atoms. The Balaban J connectivity index is 3.20. The lowest BCUT2D eigenvalue weighted by Crippen LogP contribution is -2.32. The Kier molecular flexibility index (Phi) is 6.39. The standard InChI is InChI=1S/C10H24N2/c1-9(2)10(3)11-7-6-8-12(4)5/h9-11H,6-8H2,1-5H3/t10-/m0/s1. The minimum absolute atomic E-state index is 0.646. The summed E-state index contributed by atoms with van der Waals surface area (Å²) in [6.07, 6.45) is 1.24. The Morgan fingerprint density at radius 1 is 1.17 bits per heavy atom. The summed E-state index contributed by atoms with van der Waals surface area (Å²) in [6.45, 7) is 9.07. The third-order valence-electron chi connectivity index (χ3n) is 2.25. The lowest BCUT2D eigenvalue weighted by atomic mass is 10.1. The van der Waals surface area contributed by atoms with E-state index in [2.05, 4.69) is 45.1 Å². The molecule has 74 valence electrons. The predicted molar refractivity (Wildman–Crippen MR) is 55.5 cm³/mol. The molecule has 2 heteroatoms. The summed E-state index contributed by atoms with van der Waals surface area (Å²) in [7, 11) is 4.23. The fourth-order valence-corrected chi connectivity index (χ4v) is 0.961. The Labute approximate surface area is 77.3 Å². The Morgan fingerprint density at radius 2 is 1.75 bits per heavy atom. The third-order valence-corrected chi connectivity index (χ3v) is 2.25. The van der Waals surface area contributed by atoms with Crippen molar-refractivity contribution in [3.63, 3.8) is 0 Å². The van der Waals surface area contributed by atoms with Gasteiger partial charge in [-0.15, -0.1) is 0 Å². The molecule has 0 aliphatic rings. The van der Waals surface area contributed by atoms with Crippen molar-refractivity contribution in [3.05, 3.63) is 0 Å².